The zero-order valence-corrected chi connectivity index (χ0v) is 18.0. The highest BCUT2D eigenvalue weighted by atomic mass is 32.1. The fraction of sp³-hybridized carbons (Fsp3) is 0.450. The fourth-order valence-corrected chi connectivity index (χ4v) is 3.35. The van der Waals surface area contributed by atoms with Gasteiger partial charge in [-0.25, -0.2) is 4.98 Å². The molecule has 1 aromatic heterocycles. The Morgan fingerprint density at radius 2 is 2.03 bits per heavy atom. The smallest absolute Gasteiger partial charge is 0.258 e. The lowest BCUT2D eigenvalue weighted by Crippen LogP contribution is -2.39. The number of aryl methyl sites for hydroxylation is 1. The monoisotopic (exact) mass is 421 g/mol. The van der Waals surface area contributed by atoms with Crippen molar-refractivity contribution >= 4 is 28.3 Å². The summed E-state index contributed by atoms with van der Waals surface area (Å²) in [7, 11) is 3.03. The van der Waals surface area contributed by atoms with Crippen LogP contribution in [0.4, 0.5) is 5.13 Å². The maximum absolute atomic E-state index is 13.2. The lowest BCUT2D eigenvalue weighted by Gasteiger charge is -2.23. The number of rotatable bonds is 11. The van der Waals surface area contributed by atoms with Crippen LogP contribution in [-0.4, -0.2) is 62.2 Å². The normalized spacial score (nSPS) is 10.5. The average molecular weight is 422 g/mol. The van der Waals surface area contributed by atoms with Crippen molar-refractivity contribution in [2.24, 2.45) is 0 Å². The van der Waals surface area contributed by atoms with Crippen molar-refractivity contribution in [3.63, 3.8) is 0 Å². The maximum atomic E-state index is 13.2. The molecule has 1 N–H and O–H groups in total. The number of benzene rings is 1. The lowest BCUT2D eigenvalue weighted by atomic mass is 10.1. The molecule has 0 spiro atoms. The van der Waals surface area contributed by atoms with Gasteiger partial charge in [-0.15, -0.1) is 11.3 Å². The van der Waals surface area contributed by atoms with Gasteiger partial charge in [0.15, 0.2) is 5.13 Å². The Kier molecular flexibility index (Phi) is 8.88. The first-order valence-electron chi connectivity index (χ1n) is 9.29. The van der Waals surface area contributed by atoms with Crippen molar-refractivity contribution in [2.75, 3.05) is 45.8 Å². The third kappa shape index (κ3) is 6.72. The van der Waals surface area contributed by atoms with Gasteiger partial charge < -0.3 is 24.4 Å². The average Bonchev–Trinajstić information content (AvgIpc) is 3.13. The lowest BCUT2D eigenvalue weighted by molar-refractivity contribution is -0.116. The van der Waals surface area contributed by atoms with Crippen molar-refractivity contribution in [2.45, 2.75) is 20.3 Å². The van der Waals surface area contributed by atoms with Gasteiger partial charge in [-0.1, -0.05) is 0 Å². The summed E-state index contributed by atoms with van der Waals surface area (Å²) in [6.07, 6.45) is 0.613. The summed E-state index contributed by atoms with van der Waals surface area (Å²) in [5.74, 6) is 0.362. The molecule has 0 atom stereocenters. The Morgan fingerprint density at radius 1 is 1.24 bits per heavy atom. The van der Waals surface area contributed by atoms with Crippen molar-refractivity contribution in [1.29, 1.82) is 0 Å². The summed E-state index contributed by atoms with van der Waals surface area (Å²) < 4.78 is 15.9. The van der Waals surface area contributed by atoms with Crippen LogP contribution in [0.5, 0.6) is 11.5 Å². The molecular weight excluding hydrogens is 394 g/mol. The molecule has 0 aliphatic carbocycles. The van der Waals surface area contributed by atoms with E-state index >= 15 is 0 Å². The van der Waals surface area contributed by atoms with Crippen molar-refractivity contribution < 1.29 is 23.8 Å². The number of hydrogen-bond donors (Lipinski definition) is 1. The van der Waals surface area contributed by atoms with Gasteiger partial charge in [-0.05, 0) is 32.4 Å². The van der Waals surface area contributed by atoms with Crippen molar-refractivity contribution in [3.05, 3.63) is 34.8 Å². The van der Waals surface area contributed by atoms with Crippen molar-refractivity contribution in [1.82, 2.24) is 9.88 Å². The molecule has 1 aromatic carbocycles. The highest BCUT2D eigenvalue weighted by Crippen LogP contribution is 2.26. The third-order valence-corrected chi connectivity index (χ3v) is 4.92. The highest BCUT2D eigenvalue weighted by molar-refractivity contribution is 7.13. The van der Waals surface area contributed by atoms with Crippen LogP contribution in [0.25, 0.3) is 0 Å². The predicted octanol–water partition coefficient (Wildman–Crippen LogP) is 2.98. The molecule has 2 amide bonds. The molecule has 0 saturated carbocycles. The number of anilines is 1. The quantitative estimate of drug-likeness (QED) is 0.561. The molecule has 29 heavy (non-hydrogen) atoms. The topological polar surface area (TPSA) is 90.0 Å². The molecular formula is C20H27N3O5S. The number of hydrogen-bond acceptors (Lipinski definition) is 7. The number of nitrogens with one attached hydrogen (secondary N) is 1. The standard InChI is InChI=1S/C20H27N3O5S/c1-5-28-10-6-9-23(12-18(24)22-20-21-14(2)13-29-20)19(25)16-8-7-15(26-3)11-17(16)27-4/h7-8,11,13H,5-6,9-10,12H2,1-4H3,(H,21,22,24). The van der Waals surface area contributed by atoms with Crippen LogP contribution in [0.2, 0.25) is 0 Å². The molecule has 0 bridgehead atoms. The van der Waals surface area contributed by atoms with Crippen LogP contribution in [-0.2, 0) is 9.53 Å². The SMILES string of the molecule is CCOCCCN(CC(=O)Nc1nc(C)cs1)C(=O)c1ccc(OC)cc1OC. The van der Waals surface area contributed by atoms with E-state index in [0.717, 1.165) is 5.69 Å². The van der Waals surface area contributed by atoms with E-state index in [1.807, 2.05) is 19.2 Å². The zero-order chi connectivity index (χ0) is 21.2. The first kappa shape index (κ1) is 22.6. The second-order valence-electron chi connectivity index (χ2n) is 6.19. The summed E-state index contributed by atoms with van der Waals surface area (Å²) in [6.45, 7) is 5.15. The number of carbonyl (C=O) groups is 2. The summed E-state index contributed by atoms with van der Waals surface area (Å²) in [4.78, 5) is 31.4. The molecule has 0 aliphatic rings. The first-order valence-corrected chi connectivity index (χ1v) is 10.2. The van der Waals surface area contributed by atoms with E-state index in [1.165, 1.54) is 23.3 Å². The van der Waals surface area contributed by atoms with Gasteiger partial charge in [-0.2, -0.15) is 0 Å². The Balaban J connectivity index is 2.15. The minimum Gasteiger partial charge on any atom is -0.497 e. The predicted molar refractivity (Wildman–Crippen MR) is 112 cm³/mol. The second-order valence-corrected chi connectivity index (χ2v) is 7.04. The Labute approximate surface area is 174 Å². The minimum atomic E-state index is -0.309. The van der Waals surface area contributed by atoms with Gasteiger partial charge in [-0.3, -0.25) is 9.59 Å². The number of methoxy groups -OCH3 is 2. The largest absolute Gasteiger partial charge is 0.497 e. The van der Waals surface area contributed by atoms with Gasteiger partial charge in [0.1, 0.15) is 18.0 Å². The molecule has 2 aromatic rings. The number of aromatic nitrogens is 1. The minimum absolute atomic E-state index is 0.0984. The molecule has 2 rings (SSSR count). The summed E-state index contributed by atoms with van der Waals surface area (Å²) in [5, 5.41) is 5.10. The zero-order valence-electron chi connectivity index (χ0n) is 17.2. The molecule has 0 radical (unpaired) electrons. The number of nitrogens with zero attached hydrogens (tertiary/aromatic N) is 2. The van der Waals surface area contributed by atoms with Crippen LogP contribution in [0.3, 0.4) is 0 Å². The van der Waals surface area contributed by atoms with Gasteiger partial charge in [0, 0.05) is 31.2 Å². The third-order valence-electron chi connectivity index (χ3n) is 4.05. The van der Waals surface area contributed by atoms with E-state index in [9.17, 15) is 9.59 Å². The number of carbonyl (C=O) groups excluding carboxylic acids is 2. The Hall–Kier alpha value is -2.65. The summed E-state index contributed by atoms with van der Waals surface area (Å²) in [6, 6.07) is 4.97. The fourth-order valence-electron chi connectivity index (χ4n) is 2.64. The van der Waals surface area contributed by atoms with Gasteiger partial charge >= 0.3 is 0 Å². The molecule has 9 heteroatoms. The molecule has 0 saturated heterocycles. The van der Waals surface area contributed by atoms with Gasteiger partial charge in [0.05, 0.1) is 25.5 Å². The van der Waals surface area contributed by atoms with E-state index in [1.54, 1.807) is 25.3 Å². The molecule has 8 nitrogen and oxygen atoms in total. The van der Waals surface area contributed by atoms with Crippen LogP contribution < -0.4 is 14.8 Å². The molecule has 0 aliphatic heterocycles. The maximum Gasteiger partial charge on any atom is 0.258 e. The molecule has 0 fully saturated rings. The van der Waals surface area contributed by atoms with E-state index in [4.69, 9.17) is 14.2 Å². The highest BCUT2D eigenvalue weighted by Gasteiger charge is 2.22. The van der Waals surface area contributed by atoms with Gasteiger partial charge in [0.2, 0.25) is 5.91 Å². The van der Waals surface area contributed by atoms with Crippen LogP contribution in [0.15, 0.2) is 23.6 Å². The van der Waals surface area contributed by atoms with Crippen LogP contribution in [0, 0.1) is 6.92 Å². The van der Waals surface area contributed by atoms with E-state index in [-0.39, 0.29) is 18.4 Å². The summed E-state index contributed by atoms with van der Waals surface area (Å²) >= 11 is 1.34. The second kappa shape index (κ2) is 11.4. The van der Waals surface area contributed by atoms with E-state index in [2.05, 4.69) is 10.3 Å². The van der Waals surface area contributed by atoms with Crippen LogP contribution >= 0.6 is 11.3 Å². The Bertz CT molecular complexity index is 824. The molecule has 1 heterocycles. The van der Waals surface area contributed by atoms with E-state index in [0.29, 0.717) is 48.4 Å². The van der Waals surface area contributed by atoms with Crippen LogP contribution in [0.1, 0.15) is 29.4 Å². The first-order chi connectivity index (χ1) is 14.0. The van der Waals surface area contributed by atoms with Gasteiger partial charge in [0.25, 0.3) is 5.91 Å². The number of thiazole rings is 1. The van der Waals surface area contributed by atoms with Crippen molar-refractivity contribution in [3.8, 4) is 11.5 Å². The van der Waals surface area contributed by atoms with E-state index < -0.39 is 0 Å². The molecule has 0 unspecified atom stereocenters. The Morgan fingerprint density at radius 3 is 2.66 bits per heavy atom. The molecule has 158 valence electrons. The number of amides is 2. The number of ether oxygens (including phenoxy) is 3. The summed E-state index contributed by atoms with van der Waals surface area (Å²) in [5.41, 5.74) is 1.19.